The van der Waals surface area contributed by atoms with E-state index in [2.05, 4.69) is 11.8 Å². The van der Waals surface area contributed by atoms with Crippen LogP contribution in [0.4, 0.5) is 0 Å². The second-order valence-electron chi connectivity index (χ2n) is 3.59. The van der Waals surface area contributed by atoms with E-state index in [1.54, 1.807) is 12.1 Å². The van der Waals surface area contributed by atoms with Gasteiger partial charge in [-0.25, -0.2) is 12.7 Å². The number of hydrogen-bond donors (Lipinski definition) is 1. The van der Waals surface area contributed by atoms with Crippen molar-refractivity contribution in [3.05, 3.63) is 29.8 Å². The Morgan fingerprint density at radius 3 is 2.29 bits per heavy atom. The molecule has 0 spiro atoms. The monoisotopic (exact) mass is 253 g/mol. The molecule has 0 aliphatic rings. The third kappa shape index (κ3) is 3.56. The molecule has 92 valence electrons. The van der Waals surface area contributed by atoms with Gasteiger partial charge in [-0.2, -0.15) is 0 Å². The van der Waals surface area contributed by atoms with Crippen LogP contribution in [0.3, 0.4) is 0 Å². The SMILES string of the molecule is CN(C)S(=O)(=O)c1ccc(C#CCCO)cc1. The fraction of sp³-hybridized carbons (Fsp3) is 0.333. The largest absolute Gasteiger partial charge is 0.395 e. The molecule has 0 heterocycles. The first-order valence-corrected chi connectivity index (χ1v) is 6.55. The van der Waals surface area contributed by atoms with E-state index >= 15 is 0 Å². The van der Waals surface area contributed by atoms with E-state index in [0.29, 0.717) is 6.42 Å². The van der Waals surface area contributed by atoms with Crippen molar-refractivity contribution in [1.29, 1.82) is 0 Å². The zero-order valence-electron chi connectivity index (χ0n) is 9.84. The van der Waals surface area contributed by atoms with Gasteiger partial charge in [-0.15, -0.1) is 0 Å². The summed E-state index contributed by atoms with van der Waals surface area (Å²) in [4.78, 5) is 0.246. The summed E-state index contributed by atoms with van der Waals surface area (Å²) in [6.07, 6.45) is 0.414. The van der Waals surface area contributed by atoms with Crippen LogP contribution in [0.5, 0.6) is 0 Å². The van der Waals surface area contributed by atoms with Gasteiger partial charge in [0.2, 0.25) is 10.0 Å². The van der Waals surface area contributed by atoms with E-state index in [4.69, 9.17) is 5.11 Å². The minimum absolute atomic E-state index is 0.0279. The smallest absolute Gasteiger partial charge is 0.242 e. The van der Waals surface area contributed by atoms with Gasteiger partial charge in [-0.05, 0) is 24.3 Å². The number of sulfonamides is 1. The summed E-state index contributed by atoms with van der Waals surface area (Å²) >= 11 is 0. The van der Waals surface area contributed by atoms with Gasteiger partial charge in [-0.3, -0.25) is 0 Å². The first kappa shape index (κ1) is 13.7. The lowest BCUT2D eigenvalue weighted by Gasteiger charge is -2.10. The highest BCUT2D eigenvalue weighted by Crippen LogP contribution is 2.13. The first-order chi connectivity index (χ1) is 7.98. The topological polar surface area (TPSA) is 57.6 Å². The van der Waals surface area contributed by atoms with E-state index in [1.807, 2.05) is 0 Å². The lowest BCUT2D eigenvalue weighted by molar-refractivity contribution is 0.305. The van der Waals surface area contributed by atoms with Crippen LogP contribution in [0.15, 0.2) is 29.2 Å². The van der Waals surface area contributed by atoms with Gasteiger partial charge >= 0.3 is 0 Å². The molecular formula is C12H15NO3S. The van der Waals surface area contributed by atoms with Gasteiger partial charge in [0.1, 0.15) is 0 Å². The van der Waals surface area contributed by atoms with Crippen molar-refractivity contribution < 1.29 is 13.5 Å². The van der Waals surface area contributed by atoms with E-state index < -0.39 is 10.0 Å². The van der Waals surface area contributed by atoms with Gasteiger partial charge in [0.05, 0.1) is 11.5 Å². The molecule has 0 aromatic heterocycles. The molecule has 0 unspecified atom stereocenters. The van der Waals surface area contributed by atoms with Crippen LogP contribution < -0.4 is 0 Å². The number of aliphatic hydroxyl groups excluding tert-OH is 1. The van der Waals surface area contributed by atoms with Crippen molar-refractivity contribution in [3.63, 3.8) is 0 Å². The quantitative estimate of drug-likeness (QED) is 0.806. The Balaban J connectivity index is 2.94. The van der Waals surface area contributed by atoms with E-state index in [9.17, 15) is 8.42 Å². The first-order valence-electron chi connectivity index (χ1n) is 5.11. The third-order valence-electron chi connectivity index (χ3n) is 2.10. The summed E-state index contributed by atoms with van der Waals surface area (Å²) < 4.78 is 24.7. The van der Waals surface area contributed by atoms with E-state index in [1.165, 1.54) is 30.5 Å². The maximum atomic E-state index is 11.8. The normalized spacial score (nSPS) is 11.1. The van der Waals surface area contributed by atoms with E-state index in [-0.39, 0.29) is 11.5 Å². The summed E-state index contributed by atoms with van der Waals surface area (Å²) in [7, 11) is -0.393. The Kier molecular flexibility index (Phi) is 4.70. The lowest BCUT2D eigenvalue weighted by Crippen LogP contribution is -2.22. The number of hydrogen-bond acceptors (Lipinski definition) is 3. The molecule has 4 nitrogen and oxygen atoms in total. The molecule has 1 rings (SSSR count). The van der Waals surface area contributed by atoms with Crippen LogP contribution in [0.1, 0.15) is 12.0 Å². The molecule has 5 heteroatoms. The second-order valence-corrected chi connectivity index (χ2v) is 5.74. The van der Waals surface area contributed by atoms with Crippen LogP contribution in [0, 0.1) is 11.8 Å². The molecule has 0 bridgehead atoms. The second kappa shape index (κ2) is 5.82. The zero-order chi connectivity index (χ0) is 12.9. The average Bonchev–Trinajstić information content (AvgIpc) is 2.30. The zero-order valence-corrected chi connectivity index (χ0v) is 10.7. The van der Waals surface area contributed by atoms with Crippen molar-refractivity contribution in [3.8, 4) is 11.8 Å². The maximum absolute atomic E-state index is 11.8. The van der Waals surface area contributed by atoms with Crippen molar-refractivity contribution in [1.82, 2.24) is 4.31 Å². The minimum Gasteiger partial charge on any atom is -0.395 e. The number of benzene rings is 1. The van der Waals surface area contributed by atoms with Gasteiger partial charge in [-0.1, -0.05) is 11.8 Å². The molecule has 0 fully saturated rings. The summed E-state index contributed by atoms with van der Waals surface area (Å²) in [5.41, 5.74) is 0.733. The van der Waals surface area contributed by atoms with Crippen molar-refractivity contribution in [2.45, 2.75) is 11.3 Å². The Hall–Kier alpha value is -1.35. The molecule has 0 saturated heterocycles. The highest BCUT2D eigenvalue weighted by Gasteiger charge is 2.16. The van der Waals surface area contributed by atoms with E-state index in [0.717, 1.165) is 5.56 Å². The minimum atomic E-state index is -3.37. The molecule has 0 atom stereocenters. The number of nitrogens with zero attached hydrogens (tertiary/aromatic N) is 1. The van der Waals surface area contributed by atoms with Gasteiger partial charge in [0.25, 0.3) is 0 Å². The highest BCUT2D eigenvalue weighted by molar-refractivity contribution is 7.89. The van der Waals surface area contributed by atoms with Crippen molar-refractivity contribution in [2.24, 2.45) is 0 Å². The molecule has 0 amide bonds. The number of rotatable bonds is 3. The van der Waals surface area contributed by atoms with Gasteiger partial charge in [0.15, 0.2) is 0 Å². The van der Waals surface area contributed by atoms with Crippen molar-refractivity contribution >= 4 is 10.0 Å². The molecule has 17 heavy (non-hydrogen) atoms. The van der Waals surface area contributed by atoms with Gasteiger partial charge in [0, 0.05) is 26.1 Å². The molecule has 1 aromatic rings. The van der Waals surface area contributed by atoms with Crippen LogP contribution in [0.2, 0.25) is 0 Å². The number of aliphatic hydroxyl groups is 1. The Labute approximate surface area is 102 Å². The van der Waals surface area contributed by atoms with Crippen LogP contribution >= 0.6 is 0 Å². The fourth-order valence-electron chi connectivity index (χ4n) is 1.14. The highest BCUT2D eigenvalue weighted by atomic mass is 32.2. The standard InChI is InChI=1S/C12H15NO3S/c1-13(2)17(15,16)12-8-6-11(7-9-12)5-3-4-10-14/h6-9,14H,4,10H2,1-2H3. The van der Waals surface area contributed by atoms with Gasteiger partial charge < -0.3 is 5.11 Å². The summed E-state index contributed by atoms with van der Waals surface area (Å²) in [6.45, 7) is 0.0279. The summed E-state index contributed by atoms with van der Waals surface area (Å²) in [6, 6.07) is 6.36. The van der Waals surface area contributed by atoms with Crippen LogP contribution in [0.25, 0.3) is 0 Å². The maximum Gasteiger partial charge on any atom is 0.242 e. The third-order valence-corrected chi connectivity index (χ3v) is 3.93. The lowest BCUT2D eigenvalue weighted by atomic mass is 10.2. The molecule has 0 saturated carbocycles. The fourth-order valence-corrected chi connectivity index (χ4v) is 2.04. The van der Waals surface area contributed by atoms with Crippen molar-refractivity contribution in [2.75, 3.05) is 20.7 Å². The molecule has 0 aliphatic carbocycles. The molecular weight excluding hydrogens is 238 g/mol. The predicted octanol–water partition coefficient (Wildman–Crippen LogP) is 0.671. The summed E-state index contributed by atoms with van der Waals surface area (Å²) in [5, 5.41) is 8.57. The van der Waals surface area contributed by atoms with Crippen LogP contribution in [-0.4, -0.2) is 38.5 Å². The molecule has 1 N–H and O–H groups in total. The Morgan fingerprint density at radius 2 is 1.82 bits per heavy atom. The molecule has 1 aromatic carbocycles. The Bertz CT molecular complexity index is 521. The predicted molar refractivity (Wildman–Crippen MR) is 65.9 cm³/mol. The summed E-state index contributed by atoms with van der Waals surface area (Å²) in [5.74, 6) is 5.61. The molecule has 0 aliphatic heterocycles. The van der Waals surface area contributed by atoms with Crippen LogP contribution in [-0.2, 0) is 10.0 Å². The average molecular weight is 253 g/mol. The molecule has 0 radical (unpaired) electrons. The Morgan fingerprint density at radius 1 is 1.24 bits per heavy atom.